The van der Waals surface area contributed by atoms with Crippen LogP contribution in [0.3, 0.4) is 0 Å². The van der Waals surface area contributed by atoms with Gasteiger partial charge in [0.2, 0.25) is 0 Å². The Morgan fingerprint density at radius 2 is 1.75 bits per heavy atom. The molecule has 1 N–H and O–H groups in total. The Bertz CT molecular complexity index is 284. The predicted octanol–water partition coefficient (Wildman–Crippen LogP) is 2.97. The first-order chi connectivity index (χ1) is 5.69. The topological polar surface area (TPSA) is 45.4 Å². The first kappa shape index (κ1) is 8.71. The van der Waals surface area contributed by atoms with Crippen LogP contribution in [0.4, 0.5) is 5.69 Å². The van der Waals surface area contributed by atoms with Crippen molar-refractivity contribution in [2.75, 3.05) is 7.11 Å². The van der Waals surface area contributed by atoms with Crippen molar-refractivity contribution in [1.82, 2.24) is 0 Å². The lowest BCUT2D eigenvalue weighted by atomic mass is 10.1. The van der Waals surface area contributed by atoms with Crippen molar-refractivity contribution in [3.63, 3.8) is 0 Å². The summed E-state index contributed by atoms with van der Waals surface area (Å²) in [5.41, 5.74) is 9.62. The summed E-state index contributed by atoms with van der Waals surface area (Å²) in [6, 6.07) is 3.75. The second-order valence-electron chi connectivity index (χ2n) is 2.72. The van der Waals surface area contributed by atoms with Gasteiger partial charge in [-0.25, -0.2) is 5.53 Å². The molecule has 0 saturated carbocycles. The van der Waals surface area contributed by atoms with Crippen molar-refractivity contribution in [2.45, 2.75) is 13.8 Å². The summed E-state index contributed by atoms with van der Waals surface area (Å²) in [7, 11) is 1.63. The molecule has 0 fully saturated rings. The number of nitrogens with zero attached hydrogens (tertiary/aromatic N) is 1. The van der Waals surface area contributed by atoms with Gasteiger partial charge in [0.1, 0.15) is 5.75 Å². The average Bonchev–Trinajstić information content (AvgIpc) is 2.03. The van der Waals surface area contributed by atoms with E-state index in [1.165, 1.54) is 0 Å². The molecule has 12 heavy (non-hydrogen) atoms. The zero-order chi connectivity index (χ0) is 9.14. The van der Waals surface area contributed by atoms with Gasteiger partial charge in [0, 0.05) is 0 Å². The first-order valence-electron chi connectivity index (χ1n) is 3.71. The Balaban J connectivity index is 3.27. The van der Waals surface area contributed by atoms with Crippen molar-refractivity contribution in [3.05, 3.63) is 23.3 Å². The maximum Gasteiger partial charge on any atom is 0.119 e. The van der Waals surface area contributed by atoms with E-state index in [4.69, 9.17) is 10.3 Å². The van der Waals surface area contributed by atoms with Gasteiger partial charge in [-0.05, 0) is 37.1 Å². The normalized spacial score (nSPS) is 9.58. The fourth-order valence-electron chi connectivity index (χ4n) is 1.21. The third kappa shape index (κ3) is 1.44. The molecule has 0 amide bonds. The highest BCUT2D eigenvalue weighted by atomic mass is 16.5. The van der Waals surface area contributed by atoms with Gasteiger partial charge in [0.15, 0.2) is 0 Å². The van der Waals surface area contributed by atoms with Crippen LogP contribution in [-0.2, 0) is 0 Å². The highest BCUT2D eigenvalue weighted by molar-refractivity contribution is 5.54. The molecule has 0 spiro atoms. The molecular formula is C9H12N2O. The van der Waals surface area contributed by atoms with Crippen LogP contribution < -0.4 is 4.74 Å². The summed E-state index contributed by atoms with van der Waals surface area (Å²) >= 11 is 0. The second-order valence-corrected chi connectivity index (χ2v) is 2.72. The molecule has 0 heterocycles. The van der Waals surface area contributed by atoms with E-state index in [1.807, 2.05) is 26.0 Å². The summed E-state index contributed by atoms with van der Waals surface area (Å²) < 4.78 is 5.07. The standard InChI is InChI=1S/C9H12N2O/c1-6-4-8(12-3)5-7(2)9(6)11-10/h4-5,10H,1-3H3. The van der Waals surface area contributed by atoms with Crippen LogP contribution in [0.5, 0.6) is 5.75 Å². The van der Waals surface area contributed by atoms with Gasteiger partial charge in [-0.1, -0.05) is 0 Å². The molecule has 0 aromatic heterocycles. The molecule has 0 unspecified atom stereocenters. The maximum absolute atomic E-state index is 6.94. The van der Waals surface area contributed by atoms with Gasteiger partial charge >= 0.3 is 0 Å². The number of aryl methyl sites for hydroxylation is 2. The van der Waals surface area contributed by atoms with Gasteiger partial charge in [-0.2, -0.15) is 5.11 Å². The Morgan fingerprint density at radius 3 is 2.08 bits per heavy atom. The van der Waals surface area contributed by atoms with Crippen LogP contribution >= 0.6 is 0 Å². The minimum atomic E-state index is 0.732. The molecule has 1 aromatic carbocycles. The van der Waals surface area contributed by atoms with E-state index in [1.54, 1.807) is 7.11 Å². The zero-order valence-corrected chi connectivity index (χ0v) is 7.51. The molecule has 1 rings (SSSR count). The van der Waals surface area contributed by atoms with Crippen LogP contribution in [-0.4, -0.2) is 7.11 Å². The second kappa shape index (κ2) is 3.34. The Morgan fingerprint density at radius 1 is 1.25 bits per heavy atom. The quantitative estimate of drug-likeness (QED) is 0.671. The lowest BCUT2D eigenvalue weighted by Gasteiger charge is -2.06. The number of hydrogen-bond donors (Lipinski definition) is 1. The number of methoxy groups -OCH3 is 1. The molecule has 0 aliphatic carbocycles. The molecule has 3 heteroatoms. The zero-order valence-electron chi connectivity index (χ0n) is 7.51. The Labute approximate surface area is 71.9 Å². The van der Waals surface area contributed by atoms with Gasteiger partial charge in [-0.3, -0.25) is 0 Å². The van der Waals surface area contributed by atoms with Gasteiger partial charge < -0.3 is 4.74 Å². The molecular weight excluding hydrogens is 152 g/mol. The monoisotopic (exact) mass is 164 g/mol. The average molecular weight is 164 g/mol. The minimum absolute atomic E-state index is 0.732. The molecule has 0 atom stereocenters. The van der Waals surface area contributed by atoms with Crippen LogP contribution in [0.15, 0.2) is 17.2 Å². The summed E-state index contributed by atoms with van der Waals surface area (Å²) in [5, 5.41) is 3.44. The van der Waals surface area contributed by atoms with E-state index in [9.17, 15) is 0 Å². The number of hydrogen-bond acceptors (Lipinski definition) is 3. The van der Waals surface area contributed by atoms with Gasteiger partial charge in [0.05, 0.1) is 12.8 Å². The maximum atomic E-state index is 6.94. The van der Waals surface area contributed by atoms with Crippen LogP contribution in [0.1, 0.15) is 11.1 Å². The highest BCUT2D eigenvalue weighted by Crippen LogP contribution is 2.27. The Hall–Kier alpha value is -1.38. The van der Waals surface area contributed by atoms with Crippen LogP contribution in [0, 0.1) is 19.4 Å². The summed E-state index contributed by atoms with van der Waals surface area (Å²) in [4.78, 5) is 0. The lowest BCUT2D eigenvalue weighted by molar-refractivity contribution is 0.414. The van der Waals surface area contributed by atoms with Crippen molar-refractivity contribution in [1.29, 1.82) is 5.53 Å². The molecule has 0 bridgehead atoms. The third-order valence-corrected chi connectivity index (χ3v) is 1.81. The van der Waals surface area contributed by atoms with Crippen molar-refractivity contribution in [3.8, 4) is 5.75 Å². The van der Waals surface area contributed by atoms with Gasteiger partial charge in [0.25, 0.3) is 0 Å². The molecule has 64 valence electrons. The van der Waals surface area contributed by atoms with E-state index < -0.39 is 0 Å². The molecule has 0 aliphatic rings. The van der Waals surface area contributed by atoms with E-state index in [2.05, 4.69) is 5.11 Å². The summed E-state index contributed by atoms with van der Waals surface area (Å²) in [6.45, 7) is 3.84. The van der Waals surface area contributed by atoms with E-state index >= 15 is 0 Å². The fourth-order valence-corrected chi connectivity index (χ4v) is 1.21. The molecule has 1 aromatic rings. The summed E-state index contributed by atoms with van der Waals surface area (Å²) in [6.07, 6.45) is 0. The molecule has 3 nitrogen and oxygen atoms in total. The molecule has 0 aliphatic heterocycles. The van der Waals surface area contributed by atoms with Gasteiger partial charge in [-0.15, -0.1) is 0 Å². The van der Waals surface area contributed by atoms with Crippen molar-refractivity contribution in [2.24, 2.45) is 5.11 Å². The van der Waals surface area contributed by atoms with Crippen molar-refractivity contribution >= 4 is 5.69 Å². The number of rotatable bonds is 2. The third-order valence-electron chi connectivity index (χ3n) is 1.81. The Kier molecular flexibility index (Phi) is 2.43. The largest absolute Gasteiger partial charge is 0.497 e. The highest BCUT2D eigenvalue weighted by Gasteiger charge is 2.03. The molecule has 0 saturated heterocycles. The molecule has 0 radical (unpaired) electrons. The summed E-state index contributed by atoms with van der Waals surface area (Å²) in [5.74, 6) is 0.817. The van der Waals surface area contributed by atoms with E-state index in [0.29, 0.717) is 0 Å². The van der Waals surface area contributed by atoms with E-state index in [0.717, 1.165) is 22.6 Å². The predicted molar refractivity (Wildman–Crippen MR) is 47.3 cm³/mol. The lowest BCUT2D eigenvalue weighted by Crippen LogP contribution is -1.86. The van der Waals surface area contributed by atoms with E-state index in [-0.39, 0.29) is 0 Å². The first-order valence-corrected chi connectivity index (χ1v) is 3.71. The number of ether oxygens (including phenoxy) is 1. The minimum Gasteiger partial charge on any atom is -0.497 e. The van der Waals surface area contributed by atoms with Crippen LogP contribution in [0.2, 0.25) is 0 Å². The van der Waals surface area contributed by atoms with Crippen LogP contribution in [0.25, 0.3) is 0 Å². The SMILES string of the molecule is COc1cc(C)c(N=N)c(C)c1. The number of nitrogens with one attached hydrogen (secondary N) is 1. The smallest absolute Gasteiger partial charge is 0.119 e. The number of benzene rings is 1. The van der Waals surface area contributed by atoms with Crippen molar-refractivity contribution < 1.29 is 4.74 Å². The fraction of sp³-hybridized carbons (Fsp3) is 0.333.